The summed E-state index contributed by atoms with van der Waals surface area (Å²) in [6.07, 6.45) is 0.715. The van der Waals surface area contributed by atoms with Gasteiger partial charge in [-0.25, -0.2) is 0 Å². The Labute approximate surface area is 136 Å². The molecule has 0 atom stereocenters. The maximum absolute atomic E-state index is 9.19. The van der Waals surface area contributed by atoms with E-state index in [0.29, 0.717) is 12.0 Å². The lowest BCUT2D eigenvalue weighted by molar-refractivity contribution is 0.475. The minimum atomic E-state index is -3.67. The minimum absolute atomic E-state index is 0.331. The summed E-state index contributed by atoms with van der Waals surface area (Å²) < 4.78 is 25.9. The molecule has 2 N–H and O–H groups in total. The van der Waals surface area contributed by atoms with Gasteiger partial charge in [-0.2, -0.15) is 20.2 Å². The molecule has 0 aliphatic rings. The maximum Gasteiger partial charge on any atom is 0.261 e. The molecule has 0 aromatic heterocycles. The Bertz CT molecular complexity index is 672. The number of benzene rings is 2. The van der Waals surface area contributed by atoms with Crippen molar-refractivity contribution < 1.29 is 18.1 Å². The number of hydrogen-bond acceptors (Lipinski definition) is 4. The predicted octanol–water partition coefficient (Wildman–Crippen LogP) is 3.64. The Hall–Kier alpha value is -1.50. The fourth-order valence-corrected chi connectivity index (χ4v) is 2.72. The van der Waals surface area contributed by atoms with Crippen LogP contribution in [0.1, 0.15) is 16.7 Å². The van der Waals surface area contributed by atoms with Gasteiger partial charge in [-0.05, 0) is 35.7 Å². The van der Waals surface area contributed by atoms with Gasteiger partial charge in [-0.15, -0.1) is 0 Å². The molecule has 2 rings (SSSR count). The van der Waals surface area contributed by atoms with Crippen LogP contribution in [0.3, 0.4) is 0 Å². The molecule has 0 saturated heterocycles. The largest absolute Gasteiger partial charge is 0.508 e. The van der Waals surface area contributed by atoms with Gasteiger partial charge in [0.1, 0.15) is 5.75 Å². The molecular weight excluding hydrogens is 320 g/mol. The Morgan fingerprint density at radius 2 is 1.55 bits per heavy atom. The van der Waals surface area contributed by atoms with Crippen LogP contribution in [-0.4, -0.2) is 24.3 Å². The highest BCUT2D eigenvalue weighted by atomic mass is 32.2. The fraction of sp³-hybridized carbons (Fsp3) is 0.250. The van der Waals surface area contributed by atoms with Crippen molar-refractivity contribution in [1.29, 1.82) is 0 Å². The second-order valence-corrected chi connectivity index (χ2v) is 7.27. The van der Waals surface area contributed by atoms with Crippen molar-refractivity contribution in [3.05, 3.63) is 65.2 Å². The van der Waals surface area contributed by atoms with E-state index in [9.17, 15) is 13.5 Å². The van der Waals surface area contributed by atoms with Crippen LogP contribution >= 0.6 is 11.8 Å². The Kier molecular flexibility index (Phi) is 7.44. The average molecular weight is 340 g/mol. The lowest BCUT2D eigenvalue weighted by atomic mass is 10.1. The third-order valence-electron chi connectivity index (χ3n) is 2.72. The number of rotatable bonds is 4. The number of thioether (sulfide) groups is 1. The van der Waals surface area contributed by atoms with Crippen LogP contribution in [-0.2, 0) is 21.6 Å². The number of hydrogen-bond donors (Lipinski definition) is 2. The van der Waals surface area contributed by atoms with Crippen molar-refractivity contribution >= 4 is 21.9 Å². The molecule has 0 spiro atoms. The summed E-state index contributed by atoms with van der Waals surface area (Å²) in [5.74, 6) is 2.35. The predicted molar refractivity (Wildman–Crippen MR) is 91.8 cm³/mol. The van der Waals surface area contributed by atoms with Gasteiger partial charge < -0.3 is 5.11 Å². The SMILES string of the molecule is CS(=O)(=O)O.Cc1ccccc1CSCc1ccc(O)cc1. The first-order valence-electron chi connectivity index (χ1n) is 6.58. The van der Waals surface area contributed by atoms with Crippen LogP contribution in [0.15, 0.2) is 48.5 Å². The third kappa shape index (κ3) is 8.71. The first-order valence-corrected chi connectivity index (χ1v) is 9.58. The summed E-state index contributed by atoms with van der Waals surface area (Å²) in [5.41, 5.74) is 4.00. The second-order valence-electron chi connectivity index (χ2n) is 4.82. The summed E-state index contributed by atoms with van der Waals surface area (Å²) in [5, 5.41) is 9.19. The Morgan fingerprint density at radius 3 is 2.09 bits per heavy atom. The zero-order valence-electron chi connectivity index (χ0n) is 12.6. The van der Waals surface area contributed by atoms with E-state index in [1.54, 1.807) is 12.1 Å². The molecule has 0 amide bonds. The van der Waals surface area contributed by atoms with Crippen LogP contribution in [0.4, 0.5) is 0 Å². The molecule has 0 aliphatic carbocycles. The van der Waals surface area contributed by atoms with Crippen LogP contribution < -0.4 is 0 Å². The number of phenols is 1. The lowest BCUT2D eigenvalue weighted by Gasteiger charge is -2.05. The second kappa shape index (κ2) is 8.82. The van der Waals surface area contributed by atoms with Crippen molar-refractivity contribution in [2.24, 2.45) is 0 Å². The van der Waals surface area contributed by atoms with Gasteiger partial charge in [0.05, 0.1) is 6.26 Å². The van der Waals surface area contributed by atoms with E-state index in [1.165, 1.54) is 16.7 Å². The molecule has 0 heterocycles. The third-order valence-corrected chi connectivity index (χ3v) is 3.78. The number of phenolic OH excluding ortho intramolecular Hbond substituents is 1. The molecule has 4 nitrogen and oxygen atoms in total. The van der Waals surface area contributed by atoms with Crippen molar-refractivity contribution in [1.82, 2.24) is 0 Å². The van der Waals surface area contributed by atoms with Crippen molar-refractivity contribution in [2.75, 3.05) is 6.26 Å². The van der Waals surface area contributed by atoms with E-state index in [4.69, 9.17) is 4.55 Å². The van der Waals surface area contributed by atoms with Gasteiger partial charge in [0.2, 0.25) is 0 Å². The van der Waals surface area contributed by atoms with Crippen molar-refractivity contribution in [3.8, 4) is 5.75 Å². The van der Waals surface area contributed by atoms with E-state index in [2.05, 4.69) is 31.2 Å². The molecule has 22 heavy (non-hydrogen) atoms. The molecule has 0 radical (unpaired) electrons. The Balaban J connectivity index is 0.000000422. The average Bonchev–Trinajstić information content (AvgIpc) is 2.41. The van der Waals surface area contributed by atoms with E-state index >= 15 is 0 Å². The van der Waals surface area contributed by atoms with E-state index in [-0.39, 0.29) is 0 Å². The molecule has 0 aliphatic heterocycles. The normalized spacial score (nSPS) is 10.7. The molecule has 2 aromatic rings. The quantitative estimate of drug-likeness (QED) is 0.831. The highest BCUT2D eigenvalue weighted by Crippen LogP contribution is 2.21. The van der Waals surface area contributed by atoms with Gasteiger partial charge in [-0.1, -0.05) is 36.4 Å². The first kappa shape index (κ1) is 18.5. The van der Waals surface area contributed by atoms with Gasteiger partial charge in [0.25, 0.3) is 10.1 Å². The smallest absolute Gasteiger partial charge is 0.261 e. The molecule has 120 valence electrons. The summed E-state index contributed by atoms with van der Waals surface area (Å²) in [6.45, 7) is 2.15. The zero-order valence-corrected chi connectivity index (χ0v) is 14.2. The molecule has 2 aromatic carbocycles. The van der Waals surface area contributed by atoms with Crippen molar-refractivity contribution in [2.45, 2.75) is 18.4 Å². The van der Waals surface area contributed by atoms with Crippen LogP contribution in [0.5, 0.6) is 5.75 Å². The summed E-state index contributed by atoms with van der Waals surface area (Å²) >= 11 is 1.90. The van der Waals surface area contributed by atoms with E-state index in [0.717, 1.165) is 11.5 Å². The maximum atomic E-state index is 9.19. The lowest BCUT2D eigenvalue weighted by Crippen LogP contribution is -1.88. The van der Waals surface area contributed by atoms with Gasteiger partial charge >= 0.3 is 0 Å². The molecule has 6 heteroatoms. The van der Waals surface area contributed by atoms with Crippen LogP contribution in [0.2, 0.25) is 0 Å². The summed E-state index contributed by atoms with van der Waals surface area (Å²) in [7, 11) is -3.67. The topological polar surface area (TPSA) is 74.6 Å². The monoisotopic (exact) mass is 340 g/mol. The number of aromatic hydroxyl groups is 1. The van der Waals surface area contributed by atoms with Crippen LogP contribution in [0, 0.1) is 6.92 Å². The fourth-order valence-electron chi connectivity index (χ4n) is 1.64. The first-order chi connectivity index (χ1) is 10.3. The summed E-state index contributed by atoms with van der Waals surface area (Å²) in [4.78, 5) is 0. The molecule has 0 fully saturated rings. The van der Waals surface area contributed by atoms with Crippen LogP contribution in [0.25, 0.3) is 0 Å². The highest BCUT2D eigenvalue weighted by Gasteiger charge is 1.98. The van der Waals surface area contributed by atoms with E-state index < -0.39 is 10.1 Å². The van der Waals surface area contributed by atoms with E-state index in [1.807, 2.05) is 23.9 Å². The molecule has 0 unspecified atom stereocenters. The van der Waals surface area contributed by atoms with Gasteiger partial charge in [0, 0.05) is 11.5 Å². The standard InChI is InChI=1S/C15H16OS.CH4O3S/c1-12-4-2-3-5-14(12)11-17-10-13-6-8-15(16)9-7-13;1-5(2,3)4/h2-9,16H,10-11H2,1H3;1H3,(H,2,3,4). The molecule has 0 saturated carbocycles. The van der Waals surface area contributed by atoms with Gasteiger partial charge in [0.15, 0.2) is 0 Å². The Morgan fingerprint density at radius 1 is 1.00 bits per heavy atom. The zero-order chi connectivity index (χ0) is 16.6. The minimum Gasteiger partial charge on any atom is -0.508 e. The van der Waals surface area contributed by atoms with Crippen molar-refractivity contribution in [3.63, 3.8) is 0 Å². The van der Waals surface area contributed by atoms with Gasteiger partial charge in [-0.3, -0.25) is 4.55 Å². The number of aryl methyl sites for hydroxylation is 1. The highest BCUT2D eigenvalue weighted by molar-refractivity contribution is 7.97. The summed E-state index contributed by atoms with van der Waals surface area (Å²) in [6, 6.07) is 15.9. The molecule has 0 bridgehead atoms. The molecular formula is C16H20O4S2.